The zero-order valence-corrected chi connectivity index (χ0v) is 10.8. The van der Waals surface area contributed by atoms with Crippen LogP contribution >= 0.6 is 11.6 Å². The first-order chi connectivity index (χ1) is 9.56. The number of hydrogen-bond donors (Lipinski definition) is 1. The summed E-state index contributed by atoms with van der Waals surface area (Å²) in [5.74, 6) is -1.12. The van der Waals surface area contributed by atoms with Gasteiger partial charge >= 0.3 is 5.97 Å². The maximum Gasteiger partial charge on any atom is 0.335 e. The minimum Gasteiger partial charge on any atom is -0.478 e. The van der Waals surface area contributed by atoms with E-state index in [1.54, 1.807) is 24.3 Å². The monoisotopic (exact) mass is 290 g/mol. The number of carboxylic acid groups (broad SMARTS) is 1. The fraction of sp³-hybridized carbons (Fsp3) is 0. The highest BCUT2D eigenvalue weighted by Gasteiger charge is 2.14. The van der Waals surface area contributed by atoms with Crippen LogP contribution in [0.4, 0.5) is 4.39 Å². The summed E-state index contributed by atoms with van der Waals surface area (Å²) in [6.45, 7) is 0. The molecule has 0 saturated heterocycles. The topological polar surface area (TPSA) is 50.4 Å². The molecule has 0 bridgehead atoms. The van der Waals surface area contributed by atoms with Crippen molar-refractivity contribution in [3.8, 4) is 11.3 Å². The van der Waals surface area contributed by atoms with Crippen LogP contribution in [0.5, 0.6) is 0 Å². The van der Waals surface area contributed by atoms with Gasteiger partial charge in [-0.05, 0) is 30.3 Å². The zero-order valence-electron chi connectivity index (χ0n) is 10.1. The van der Waals surface area contributed by atoms with Gasteiger partial charge in [0.15, 0.2) is 11.4 Å². The Balaban J connectivity index is 2.16. The van der Waals surface area contributed by atoms with Crippen LogP contribution in [0.2, 0.25) is 5.02 Å². The average molecular weight is 291 g/mol. The predicted molar refractivity (Wildman–Crippen MR) is 73.6 cm³/mol. The van der Waals surface area contributed by atoms with Gasteiger partial charge < -0.3 is 9.52 Å². The Hall–Kier alpha value is -2.33. The van der Waals surface area contributed by atoms with E-state index in [9.17, 15) is 9.18 Å². The Labute approximate surface area is 118 Å². The van der Waals surface area contributed by atoms with Gasteiger partial charge in [0, 0.05) is 10.9 Å². The van der Waals surface area contributed by atoms with E-state index >= 15 is 0 Å². The second kappa shape index (κ2) is 4.65. The molecule has 2 aromatic carbocycles. The number of aromatic carboxylic acids is 1. The van der Waals surface area contributed by atoms with Crippen molar-refractivity contribution in [2.45, 2.75) is 0 Å². The van der Waals surface area contributed by atoms with E-state index in [1.165, 1.54) is 18.2 Å². The highest BCUT2D eigenvalue weighted by Crippen LogP contribution is 2.34. The summed E-state index contributed by atoms with van der Waals surface area (Å²) >= 11 is 6.06. The Morgan fingerprint density at radius 3 is 2.65 bits per heavy atom. The lowest BCUT2D eigenvalue weighted by Crippen LogP contribution is -1.95. The second-order valence-corrected chi connectivity index (χ2v) is 4.68. The summed E-state index contributed by atoms with van der Waals surface area (Å²) in [6.07, 6.45) is 0. The fourth-order valence-corrected chi connectivity index (χ4v) is 2.28. The lowest BCUT2D eigenvalue weighted by atomic mass is 10.1. The van der Waals surface area contributed by atoms with Crippen molar-refractivity contribution in [1.29, 1.82) is 0 Å². The quantitative estimate of drug-likeness (QED) is 0.751. The molecule has 20 heavy (non-hydrogen) atoms. The van der Waals surface area contributed by atoms with Gasteiger partial charge in [-0.3, -0.25) is 0 Å². The number of halogens is 2. The molecule has 0 spiro atoms. The third kappa shape index (κ3) is 2.04. The van der Waals surface area contributed by atoms with Gasteiger partial charge in [0.1, 0.15) is 5.76 Å². The molecule has 3 aromatic rings. The van der Waals surface area contributed by atoms with E-state index in [4.69, 9.17) is 21.1 Å². The minimum atomic E-state index is -1.06. The Kier molecular flexibility index (Phi) is 2.95. The van der Waals surface area contributed by atoms with E-state index in [2.05, 4.69) is 0 Å². The first-order valence-electron chi connectivity index (χ1n) is 5.77. The largest absolute Gasteiger partial charge is 0.478 e. The second-order valence-electron chi connectivity index (χ2n) is 4.27. The van der Waals surface area contributed by atoms with Crippen LogP contribution in [0.25, 0.3) is 22.3 Å². The molecule has 0 fully saturated rings. The van der Waals surface area contributed by atoms with Gasteiger partial charge in [0.25, 0.3) is 0 Å². The summed E-state index contributed by atoms with van der Waals surface area (Å²) in [5, 5.41) is 9.75. The third-order valence-corrected chi connectivity index (χ3v) is 3.29. The molecule has 0 amide bonds. The number of hydrogen-bond acceptors (Lipinski definition) is 2. The molecule has 0 saturated carbocycles. The number of para-hydroxylation sites is 1. The van der Waals surface area contributed by atoms with Crippen molar-refractivity contribution >= 4 is 28.5 Å². The van der Waals surface area contributed by atoms with Crippen molar-refractivity contribution in [2.24, 2.45) is 0 Å². The number of rotatable bonds is 2. The molecule has 1 heterocycles. The molecule has 3 rings (SSSR count). The maximum absolute atomic E-state index is 13.6. The molecule has 5 heteroatoms. The van der Waals surface area contributed by atoms with Crippen LogP contribution in [0.3, 0.4) is 0 Å². The molecule has 1 N–H and O–H groups in total. The molecule has 0 aliphatic heterocycles. The van der Waals surface area contributed by atoms with E-state index < -0.39 is 11.8 Å². The Morgan fingerprint density at radius 1 is 1.20 bits per heavy atom. The molecular formula is C15H8ClFO3. The molecule has 0 radical (unpaired) electrons. The fourth-order valence-electron chi connectivity index (χ4n) is 2.01. The van der Waals surface area contributed by atoms with Gasteiger partial charge in [-0.1, -0.05) is 23.7 Å². The summed E-state index contributed by atoms with van der Waals surface area (Å²) < 4.78 is 19.0. The van der Waals surface area contributed by atoms with E-state index in [-0.39, 0.29) is 16.2 Å². The van der Waals surface area contributed by atoms with Crippen molar-refractivity contribution in [3.05, 3.63) is 58.9 Å². The normalized spacial score (nSPS) is 10.9. The Morgan fingerprint density at radius 2 is 2.00 bits per heavy atom. The SMILES string of the molecule is O=C(O)c1ccc(-c2cc3cccc(F)c3o2)c(Cl)c1. The maximum atomic E-state index is 13.6. The van der Waals surface area contributed by atoms with E-state index in [0.717, 1.165) is 0 Å². The summed E-state index contributed by atoms with van der Waals surface area (Å²) in [4.78, 5) is 10.9. The van der Waals surface area contributed by atoms with Crippen LogP contribution < -0.4 is 0 Å². The average Bonchev–Trinajstić information content (AvgIpc) is 2.83. The van der Waals surface area contributed by atoms with E-state index in [0.29, 0.717) is 16.7 Å². The number of furan rings is 1. The summed E-state index contributed by atoms with van der Waals surface area (Å²) in [6, 6.07) is 10.6. The van der Waals surface area contributed by atoms with Crippen LogP contribution in [0, 0.1) is 5.82 Å². The molecular weight excluding hydrogens is 283 g/mol. The first kappa shape index (κ1) is 12.7. The van der Waals surface area contributed by atoms with Gasteiger partial charge in [0.05, 0.1) is 10.6 Å². The van der Waals surface area contributed by atoms with Crippen LogP contribution in [-0.4, -0.2) is 11.1 Å². The molecule has 100 valence electrons. The molecule has 0 aliphatic carbocycles. The summed E-state index contributed by atoms with van der Waals surface area (Å²) in [5.41, 5.74) is 0.759. The third-order valence-electron chi connectivity index (χ3n) is 2.98. The summed E-state index contributed by atoms with van der Waals surface area (Å²) in [7, 11) is 0. The minimum absolute atomic E-state index is 0.0843. The zero-order chi connectivity index (χ0) is 14.3. The standard InChI is InChI=1S/C15H8ClFO3/c16-11-6-9(15(18)19)4-5-10(11)13-7-8-2-1-3-12(17)14(8)20-13/h1-7H,(H,18,19). The molecule has 3 nitrogen and oxygen atoms in total. The number of fused-ring (bicyclic) bond motifs is 1. The van der Waals surface area contributed by atoms with Crippen molar-refractivity contribution < 1.29 is 18.7 Å². The first-order valence-corrected chi connectivity index (χ1v) is 6.15. The molecule has 0 aliphatic rings. The van der Waals surface area contributed by atoms with Gasteiger partial charge in [-0.15, -0.1) is 0 Å². The molecule has 0 unspecified atom stereocenters. The smallest absolute Gasteiger partial charge is 0.335 e. The lowest BCUT2D eigenvalue weighted by molar-refractivity contribution is 0.0697. The van der Waals surface area contributed by atoms with Gasteiger partial charge in [-0.25, -0.2) is 9.18 Å². The number of carbonyl (C=O) groups is 1. The van der Waals surface area contributed by atoms with Crippen LogP contribution in [0.1, 0.15) is 10.4 Å². The number of carboxylic acids is 1. The van der Waals surface area contributed by atoms with Crippen molar-refractivity contribution in [3.63, 3.8) is 0 Å². The molecule has 0 atom stereocenters. The van der Waals surface area contributed by atoms with Gasteiger partial charge in [-0.2, -0.15) is 0 Å². The van der Waals surface area contributed by atoms with Crippen molar-refractivity contribution in [2.75, 3.05) is 0 Å². The lowest BCUT2D eigenvalue weighted by Gasteiger charge is -2.02. The van der Waals surface area contributed by atoms with E-state index in [1.807, 2.05) is 0 Å². The van der Waals surface area contributed by atoms with Crippen LogP contribution in [-0.2, 0) is 0 Å². The highest BCUT2D eigenvalue weighted by atomic mass is 35.5. The Bertz CT molecular complexity index is 823. The van der Waals surface area contributed by atoms with Gasteiger partial charge in [0.2, 0.25) is 0 Å². The van der Waals surface area contributed by atoms with Crippen molar-refractivity contribution in [1.82, 2.24) is 0 Å². The number of benzene rings is 2. The molecule has 1 aromatic heterocycles. The van der Waals surface area contributed by atoms with Crippen LogP contribution in [0.15, 0.2) is 46.9 Å². The predicted octanol–water partition coefficient (Wildman–Crippen LogP) is 4.59. The highest BCUT2D eigenvalue weighted by molar-refractivity contribution is 6.33.